The first-order valence-corrected chi connectivity index (χ1v) is 7.15. The van der Waals surface area contributed by atoms with E-state index in [4.69, 9.17) is 4.74 Å². The Morgan fingerprint density at radius 3 is 2.71 bits per heavy atom. The predicted octanol–water partition coefficient (Wildman–Crippen LogP) is 3.07. The standard InChI is InChI=1S/C17H18N2O2/c1-21-16-10-9-14(12-18-16)15-8-5-11-19(15)17(20)13-6-3-2-4-7-13/h2-4,6-7,9-10,12,15H,5,8,11H2,1H3. The summed E-state index contributed by atoms with van der Waals surface area (Å²) in [6.07, 6.45) is 3.81. The minimum atomic E-state index is 0.0916. The third-order valence-electron chi connectivity index (χ3n) is 3.89. The zero-order chi connectivity index (χ0) is 14.7. The van der Waals surface area contributed by atoms with Crippen LogP contribution in [0.4, 0.5) is 0 Å². The normalized spacial score (nSPS) is 17.8. The number of hydrogen-bond acceptors (Lipinski definition) is 3. The molecular weight excluding hydrogens is 264 g/mol. The van der Waals surface area contributed by atoms with Crippen molar-refractivity contribution in [3.63, 3.8) is 0 Å². The molecule has 1 aliphatic rings. The van der Waals surface area contributed by atoms with Crippen LogP contribution in [0.2, 0.25) is 0 Å². The van der Waals surface area contributed by atoms with Gasteiger partial charge in [0.25, 0.3) is 5.91 Å². The van der Waals surface area contributed by atoms with Gasteiger partial charge >= 0.3 is 0 Å². The number of hydrogen-bond donors (Lipinski definition) is 0. The van der Waals surface area contributed by atoms with Gasteiger partial charge in [0.2, 0.25) is 5.88 Å². The maximum atomic E-state index is 12.6. The smallest absolute Gasteiger partial charge is 0.254 e. The Morgan fingerprint density at radius 1 is 1.24 bits per heavy atom. The monoisotopic (exact) mass is 282 g/mol. The summed E-state index contributed by atoms with van der Waals surface area (Å²) in [6.45, 7) is 0.796. The van der Waals surface area contributed by atoms with Gasteiger partial charge in [0.05, 0.1) is 13.2 Å². The summed E-state index contributed by atoms with van der Waals surface area (Å²) >= 11 is 0. The van der Waals surface area contributed by atoms with Gasteiger partial charge in [-0.3, -0.25) is 4.79 Å². The van der Waals surface area contributed by atoms with Crippen molar-refractivity contribution in [1.29, 1.82) is 0 Å². The number of likely N-dealkylation sites (tertiary alicyclic amines) is 1. The fourth-order valence-corrected chi connectivity index (χ4v) is 2.81. The molecule has 2 heterocycles. The number of methoxy groups -OCH3 is 1. The van der Waals surface area contributed by atoms with Gasteiger partial charge in [0, 0.05) is 24.4 Å². The van der Waals surface area contributed by atoms with Crippen molar-refractivity contribution < 1.29 is 9.53 Å². The lowest BCUT2D eigenvalue weighted by Crippen LogP contribution is -2.30. The Morgan fingerprint density at radius 2 is 2.05 bits per heavy atom. The van der Waals surface area contributed by atoms with Crippen LogP contribution in [0.25, 0.3) is 0 Å². The predicted molar refractivity (Wildman–Crippen MR) is 80.2 cm³/mol. The summed E-state index contributed by atoms with van der Waals surface area (Å²) in [4.78, 5) is 18.8. The molecule has 1 saturated heterocycles. The molecule has 108 valence electrons. The molecule has 1 atom stereocenters. The molecular formula is C17H18N2O2. The number of carbonyl (C=O) groups excluding carboxylic acids is 1. The maximum absolute atomic E-state index is 12.6. The van der Waals surface area contributed by atoms with Gasteiger partial charge in [-0.25, -0.2) is 4.98 Å². The van der Waals surface area contributed by atoms with Crippen LogP contribution >= 0.6 is 0 Å². The molecule has 21 heavy (non-hydrogen) atoms. The molecule has 1 fully saturated rings. The lowest BCUT2D eigenvalue weighted by Gasteiger charge is -2.25. The van der Waals surface area contributed by atoms with E-state index in [1.165, 1.54) is 0 Å². The van der Waals surface area contributed by atoms with Crippen LogP contribution in [-0.4, -0.2) is 29.4 Å². The van der Waals surface area contributed by atoms with Crippen LogP contribution in [0.15, 0.2) is 48.7 Å². The van der Waals surface area contributed by atoms with Gasteiger partial charge in [-0.05, 0) is 30.5 Å². The number of ether oxygens (including phenoxy) is 1. The Kier molecular flexibility index (Phi) is 3.86. The van der Waals surface area contributed by atoms with Gasteiger partial charge < -0.3 is 9.64 Å². The molecule has 0 spiro atoms. The van der Waals surface area contributed by atoms with E-state index in [1.807, 2.05) is 47.4 Å². The maximum Gasteiger partial charge on any atom is 0.254 e. The van der Waals surface area contributed by atoms with Crippen molar-refractivity contribution in [2.75, 3.05) is 13.7 Å². The SMILES string of the molecule is COc1ccc(C2CCCN2C(=O)c2ccccc2)cn1. The molecule has 2 aromatic rings. The molecule has 0 N–H and O–H groups in total. The van der Waals surface area contributed by atoms with Crippen LogP contribution in [0.5, 0.6) is 5.88 Å². The lowest BCUT2D eigenvalue weighted by molar-refractivity contribution is 0.0735. The van der Waals surface area contributed by atoms with Crippen molar-refractivity contribution >= 4 is 5.91 Å². The molecule has 0 aliphatic carbocycles. The molecule has 0 bridgehead atoms. The van der Waals surface area contributed by atoms with Gasteiger partial charge in [0.1, 0.15) is 0 Å². The van der Waals surface area contributed by atoms with Crippen molar-refractivity contribution in [3.8, 4) is 5.88 Å². The number of aromatic nitrogens is 1. The molecule has 1 aromatic carbocycles. The van der Waals surface area contributed by atoms with Gasteiger partial charge in [-0.1, -0.05) is 24.3 Å². The fraction of sp³-hybridized carbons (Fsp3) is 0.294. The lowest BCUT2D eigenvalue weighted by atomic mass is 10.1. The number of pyridine rings is 1. The highest BCUT2D eigenvalue weighted by Gasteiger charge is 2.30. The third-order valence-corrected chi connectivity index (χ3v) is 3.89. The summed E-state index contributed by atoms with van der Waals surface area (Å²) in [7, 11) is 1.60. The highest BCUT2D eigenvalue weighted by molar-refractivity contribution is 5.94. The molecule has 3 rings (SSSR count). The topological polar surface area (TPSA) is 42.4 Å². The zero-order valence-corrected chi connectivity index (χ0v) is 12.0. The van der Waals surface area contributed by atoms with Gasteiger partial charge in [-0.15, -0.1) is 0 Å². The first kappa shape index (κ1) is 13.6. The van der Waals surface area contributed by atoms with Crippen molar-refractivity contribution in [2.45, 2.75) is 18.9 Å². The molecule has 1 unspecified atom stereocenters. The second-order valence-corrected chi connectivity index (χ2v) is 5.16. The number of nitrogens with zero attached hydrogens (tertiary/aromatic N) is 2. The van der Waals surface area contributed by atoms with E-state index in [-0.39, 0.29) is 11.9 Å². The Labute approximate surface area is 124 Å². The van der Waals surface area contributed by atoms with E-state index in [0.29, 0.717) is 5.88 Å². The van der Waals surface area contributed by atoms with E-state index in [2.05, 4.69) is 4.98 Å². The summed E-state index contributed by atoms with van der Waals surface area (Å²) in [6, 6.07) is 13.4. The zero-order valence-electron chi connectivity index (χ0n) is 12.0. The molecule has 1 amide bonds. The van der Waals surface area contributed by atoms with Crippen molar-refractivity contribution in [1.82, 2.24) is 9.88 Å². The quantitative estimate of drug-likeness (QED) is 0.869. The summed E-state index contributed by atoms with van der Waals surface area (Å²) in [5.74, 6) is 0.687. The first-order valence-electron chi connectivity index (χ1n) is 7.15. The number of carbonyl (C=O) groups is 1. The Hall–Kier alpha value is -2.36. The van der Waals surface area contributed by atoms with E-state index in [1.54, 1.807) is 13.3 Å². The van der Waals surface area contributed by atoms with E-state index in [9.17, 15) is 4.79 Å². The largest absolute Gasteiger partial charge is 0.481 e. The minimum Gasteiger partial charge on any atom is -0.481 e. The fourth-order valence-electron chi connectivity index (χ4n) is 2.81. The summed E-state index contributed by atoms with van der Waals surface area (Å²) in [5.41, 5.74) is 1.81. The molecule has 0 radical (unpaired) electrons. The summed E-state index contributed by atoms with van der Waals surface area (Å²) in [5, 5.41) is 0. The second-order valence-electron chi connectivity index (χ2n) is 5.16. The highest BCUT2D eigenvalue weighted by Crippen LogP contribution is 2.33. The van der Waals surface area contributed by atoms with E-state index >= 15 is 0 Å². The number of rotatable bonds is 3. The van der Waals surface area contributed by atoms with Crippen LogP contribution in [0, 0.1) is 0 Å². The van der Waals surface area contributed by atoms with Crippen LogP contribution in [0.1, 0.15) is 34.8 Å². The number of benzene rings is 1. The van der Waals surface area contributed by atoms with Gasteiger partial charge in [-0.2, -0.15) is 0 Å². The average Bonchev–Trinajstić information content (AvgIpc) is 3.04. The highest BCUT2D eigenvalue weighted by atomic mass is 16.5. The molecule has 4 nitrogen and oxygen atoms in total. The van der Waals surface area contributed by atoms with Crippen molar-refractivity contribution in [2.24, 2.45) is 0 Å². The Bertz CT molecular complexity index is 610. The van der Waals surface area contributed by atoms with Crippen LogP contribution in [-0.2, 0) is 0 Å². The first-order chi connectivity index (χ1) is 10.3. The second kappa shape index (κ2) is 5.95. The third kappa shape index (κ3) is 2.75. The number of amides is 1. The van der Waals surface area contributed by atoms with Crippen LogP contribution in [0.3, 0.4) is 0 Å². The van der Waals surface area contributed by atoms with Crippen molar-refractivity contribution in [3.05, 3.63) is 59.8 Å². The van der Waals surface area contributed by atoms with Crippen LogP contribution < -0.4 is 4.74 Å². The molecule has 1 aromatic heterocycles. The minimum absolute atomic E-state index is 0.0916. The summed E-state index contributed by atoms with van der Waals surface area (Å²) < 4.78 is 5.08. The molecule has 0 saturated carbocycles. The molecule has 4 heteroatoms. The Balaban J connectivity index is 1.83. The van der Waals surface area contributed by atoms with E-state index in [0.717, 1.165) is 30.5 Å². The van der Waals surface area contributed by atoms with E-state index < -0.39 is 0 Å². The molecule has 1 aliphatic heterocycles. The average molecular weight is 282 g/mol. The van der Waals surface area contributed by atoms with Gasteiger partial charge in [0.15, 0.2) is 0 Å².